The number of carbonyl (C=O) groups is 2. The summed E-state index contributed by atoms with van der Waals surface area (Å²) >= 11 is 0. The van der Waals surface area contributed by atoms with Gasteiger partial charge in [-0.05, 0) is 51.4 Å². The van der Waals surface area contributed by atoms with Crippen LogP contribution < -0.4 is 5.32 Å². The number of hydrogen-bond acceptors (Lipinski definition) is 5. The van der Waals surface area contributed by atoms with E-state index in [1.807, 2.05) is 0 Å². The number of rotatable bonds is 56. The summed E-state index contributed by atoms with van der Waals surface area (Å²) < 4.78 is 5.96. The Hall–Kier alpha value is -1.66. The Morgan fingerprint density at radius 1 is 0.426 bits per heavy atom. The Morgan fingerprint density at radius 2 is 0.735 bits per heavy atom. The molecule has 0 aliphatic carbocycles. The predicted octanol–water partition coefficient (Wildman–Crippen LogP) is 19.0. The molecule has 0 aliphatic rings. The summed E-state index contributed by atoms with van der Waals surface area (Å²) in [6.45, 7) is 6.52. The van der Waals surface area contributed by atoms with Gasteiger partial charge in [0.15, 0.2) is 0 Å². The van der Waals surface area contributed by atoms with Crippen LogP contribution in [0.3, 0.4) is 0 Å². The fourth-order valence-corrected chi connectivity index (χ4v) is 9.66. The fraction of sp³-hybridized carbons (Fsp3) is 0.903. The third kappa shape index (κ3) is 50.7. The molecule has 0 radical (unpaired) electrons. The number of aliphatic hydroxyl groups excluding tert-OH is 2. The van der Waals surface area contributed by atoms with Gasteiger partial charge in [0.1, 0.15) is 6.10 Å². The number of unbranched alkanes of at least 4 members (excludes halogenated alkanes) is 41. The van der Waals surface area contributed by atoms with E-state index < -0.39 is 18.2 Å². The van der Waals surface area contributed by atoms with Crippen LogP contribution in [0.15, 0.2) is 24.3 Å². The first-order chi connectivity index (χ1) is 33.5. The zero-order chi connectivity index (χ0) is 49.5. The molecule has 0 heterocycles. The first-order valence-corrected chi connectivity index (χ1v) is 30.6. The highest BCUT2D eigenvalue weighted by molar-refractivity contribution is 5.77. The van der Waals surface area contributed by atoms with Gasteiger partial charge in [-0.25, -0.2) is 0 Å². The van der Waals surface area contributed by atoms with Crippen LogP contribution in [0.25, 0.3) is 0 Å². The van der Waals surface area contributed by atoms with Crippen LogP contribution in [0.5, 0.6) is 0 Å². The van der Waals surface area contributed by atoms with E-state index >= 15 is 0 Å². The van der Waals surface area contributed by atoms with Crippen molar-refractivity contribution in [1.29, 1.82) is 0 Å². The highest BCUT2D eigenvalue weighted by Gasteiger charge is 2.24. The lowest BCUT2D eigenvalue weighted by Gasteiger charge is -2.24. The molecular weight excluding hydrogens is 839 g/mol. The summed E-state index contributed by atoms with van der Waals surface area (Å²) in [6.07, 6.45) is 66.8. The van der Waals surface area contributed by atoms with Crippen molar-refractivity contribution in [2.75, 3.05) is 6.61 Å². The standard InChI is InChI=1S/C62H119NO5/c1-4-7-10-13-16-19-22-25-28-31-33-36-39-42-45-48-51-54-60(65)59(57-64)63-61(66)56-58(53-50-47-44-41-38-35-32-29-26-23-20-17-14-11-8-5-2)68-62(67)55-52-49-46-43-40-37-34-30-27-24-21-18-15-12-9-6-3/h29,32,35,38,58-60,64-65H,4-28,30-31,33-34,36-37,39-57H2,1-3H3,(H,63,66)/b32-29+,38-35+. The maximum absolute atomic E-state index is 13.3. The Labute approximate surface area is 424 Å². The minimum Gasteiger partial charge on any atom is -0.462 e. The van der Waals surface area contributed by atoms with Gasteiger partial charge in [-0.1, -0.05) is 295 Å². The molecular formula is C62H119NO5. The van der Waals surface area contributed by atoms with Gasteiger partial charge in [-0.15, -0.1) is 0 Å². The summed E-state index contributed by atoms with van der Waals surface area (Å²) in [6, 6.07) is -0.707. The number of aliphatic hydroxyl groups is 2. The summed E-state index contributed by atoms with van der Waals surface area (Å²) in [5.41, 5.74) is 0. The van der Waals surface area contributed by atoms with E-state index in [2.05, 4.69) is 50.4 Å². The summed E-state index contributed by atoms with van der Waals surface area (Å²) in [5.74, 6) is -0.478. The molecule has 6 heteroatoms. The van der Waals surface area contributed by atoms with Crippen LogP contribution >= 0.6 is 0 Å². The van der Waals surface area contributed by atoms with Crippen molar-refractivity contribution in [3.8, 4) is 0 Å². The zero-order valence-electron chi connectivity index (χ0n) is 46.0. The summed E-state index contributed by atoms with van der Waals surface area (Å²) in [5, 5.41) is 23.9. The number of nitrogens with one attached hydrogen (secondary N) is 1. The van der Waals surface area contributed by atoms with Crippen molar-refractivity contribution >= 4 is 11.9 Å². The molecule has 0 rings (SSSR count). The second kappa shape index (κ2) is 56.3. The third-order valence-electron chi connectivity index (χ3n) is 14.3. The minimum atomic E-state index is -0.792. The summed E-state index contributed by atoms with van der Waals surface area (Å²) in [7, 11) is 0. The molecule has 68 heavy (non-hydrogen) atoms. The molecule has 3 atom stereocenters. The Morgan fingerprint density at radius 3 is 1.10 bits per heavy atom. The normalized spacial score (nSPS) is 13.2. The van der Waals surface area contributed by atoms with Gasteiger partial charge in [-0.2, -0.15) is 0 Å². The number of allylic oxidation sites excluding steroid dienone is 4. The topological polar surface area (TPSA) is 95.9 Å². The predicted molar refractivity (Wildman–Crippen MR) is 296 cm³/mol. The number of ether oxygens (including phenoxy) is 1. The molecule has 0 bridgehead atoms. The first-order valence-electron chi connectivity index (χ1n) is 30.6. The molecule has 0 aromatic carbocycles. The second-order valence-corrected chi connectivity index (χ2v) is 21.1. The van der Waals surface area contributed by atoms with Gasteiger partial charge in [0.05, 0.1) is 25.2 Å². The highest BCUT2D eigenvalue weighted by atomic mass is 16.5. The lowest BCUT2D eigenvalue weighted by molar-refractivity contribution is -0.151. The fourth-order valence-electron chi connectivity index (χ4n) is 9.66. The zero-order valence-corrected chi connectivity index (χ0v) is 46.0. The Kier molecular flexibility index (Phi) is 54.9. The quantitative estimate of drug-likeness (QED) is 0.0321. The molecule has 0 aromatic rings. The van der Waals surface area contributed by atoms with Crippen LogP contribution in [0, 0.1) is 0 Å². The number of amides is 1. The van der Waals surface area contributed by atoms with Crippen LogP contribution in [-0.4, -0.2) is 46.9 Å². The van der Waals surface area contributed by atoms with Crippen molar-refractivity contribution in [1.82, 2.24) is 5.32 Å². The molecule has 0 aliphatic heterocycles. The van der Waals surface area contributed by atoms with Gasteiger partial charge in [-0.3, -0.25) is 9.59 Å². The molecule has 402 valence electrons. The van der Waals surface area contributed by atoms with Gasteiger partial charge >= 0.3 is 5.97 Å². The van der Waals surface area contributed by atoms with Gasteiger partial charge in [0, 0.05) is 6.42 Å². The van der Waals surface area contributed by atoms with Crippen LogP contribution in [0.4, 0.5) is 0 Å². The molecule has 0 saturated heterocycles. The van der Waals surface area contributed by atoms with Gasteiger partial charge in [0.2, 0.25) is 5.91 Å². The smallest absolute Gasteiger partial charge is 0.306 e. The lowest BCUT2D eigenvalue weighted by atomic mass is 10.0. The lowest BCUT2D eigenvalue weighted by Crippen LogP contribution is -2.46. The number of hydrogen-bond donors (Lipinski definition) is 3. The molecule has 0 saturated carbocycles. The third-order valence-corrected chi connectivity index (χ3v) is 14.3. The Bertz CT molecular complexity index is 1080. The Balaban J connectivity index is 4.53. The molecule has 1 amide bonds. The van der Waals surface area contributed by atoms with Crippen molar-refractivity contribution in [2.45, 2.75) is 354 Å². The highest BCUT2D eigenvalue weighted by Crippen LogP contribution is 2.19. The monoisotopic (exact) mass is 958 g/mol. The van der Waals surface area contributed by atoms with Gasteiger partial charge in [0.25, 0.3) is 0 Å². The largest absolute Gasteiger partial charge is 0.462 e. The van der Waals surface area contributed by atoms with E-state index in [9.17, 15) is 19.8 Å². The maximum atomic E-state index is 13.3. The molecule has 0 spiro atoms. The average Bonchev–Trinajstić information content (AvgIpc) is 3.33. The maximum Gasteiger partial charge on any atom is 0.306 e. The van der Waals surface area contributed by atoms with E-state index in [-0.39, 0.29) is 24.9 Å². The van der Waals surface area contributed by atoms with Crippen LogP contribution in [0.1, 0.15) is 335 Å². The minimum absolute atomic E-state index is 0.0660. The van der Waals surface area contributed by atoms with E-state index in [1.165, 1.54) is 225 Å². The second-order valence-electron chi connectivity index (χ2n) is 21.1. The van der Waals surface area contributed by atoms with E-state index in [4.69, 9.17) is 4.74 Å². The summed E-state index contributed by atoms with van der Waals surface area (Å²) in [4.78, 5) is 26.3. The molecule has 3 unspecified atom stereocenters. The molecule has 6 nitrogen and oxygen atoms in total. The molecule has 3 N–H and O–H groups in total. The molecule has 0 aromatic heterocycles. The van der Waals surface area contributed by atoms with Crippen LogP contribution in [0.2, 0.25) is 0 Å². The number of carbonyl (C=O) groups excluding carboxylic acids is 2. The van der Waals surface area contributed by atoms with Gasteiger partial charge < -0.3 is 20.3 Å². The SMILES string of the molecule is CCCCCCCCC/C=C/C=C/CCCCCC(CC(=O)NC(CO)C(O)CCCCCCCCCCCCCCCCCCC)OC(=O)CCCCCCCCCCCCCCCCCC. The van der Waals surface area contributed by atoms with Crippen LogP contribution in [-0.2, 0) is 14.3 Å². The van der Waals surface area contributed by atoms with Crippen molar-refractivity contribution in [2.24, 2.45) is 0 Å². The van der Waals surface area contributed by atoms with E-state index in [0.29, 0.717) is 19.3 Å². The average molecular weight is 959 g/mol. The van der Waals surface area contributed by atoms with Crippen molar-refractivity contribution in [3.63, 3.8) is 0 Å². The first kappa shape index (κ1) is 66.3. The van der Waals surface area contributed by atoms with E-state index in [1.54, 1.807) is 0 Å². The van der Waals surface area contributed by atoms with Crippen molar-refractivity contribution in [3.05, 3.63) is 24.3 Å². The van der Waals surface area contributed by atoms with E-state index in [0.717, 1.165) is 64.2 Å². The molecule has 0 fully saturated rings. The van der Waals surface area contributed by atoms with Crippen molar-refractivity contribution < 1.29 is 24.5 Å². The number of esters is 1.